The van der Waals surface area contributed by atoms with Crippen LogP contribution in [0.15, 0.2) is 31.1 Å². The fourth-order valence-electron chi connectivity index (χ4n) is 0.518. The van der Waals surface area contributed by atoms with Crippen LogP contribution >= 0.6 is 0 Å². The summed E-state index contributed by atoms with van der Waals surface area (Å²) >= 11 is 0. The maximum atomic E-state index is 10.8. The summed E-state index contributed by atoms with van der Waals surface area (Å²) in [5.41, 5.74) is 0. The number of ketones is 1. The van der Waals surface area contributed by atoms with Gasteiger partial charge in [-0.2, -0.15) is 0 Å². The fraction of sp³-hybridized carbons (Fsp3) is 0. The second kappa shape index (κ2) is 2.87. The van der Waals surface area contributed by atoms with Crippen LogP contribution in [0.2, 0.25) is 0 Å². The Hall–Kier alpha value is -1.51. The number of aromatic nitrogens is 2. The second-order valence-electron chi connectivity index (χ2n) is 1.64. The summed E-state index contributed by atoms with van der Waals surface area (Å²) in [5.74, 6) is -0.0573. The highest BCUT2D eigenvalue weighted by Gasteiger charge is 2.00. The van der Waals surface area contributed by atoms with Gasteiger partial charge in [0.1, 0.15) is 0 Å². The van der Waals surface area contributed by atoms with E-state index >= 15 is 0 Å². The molecule has 0 radical (unpaired) electrons. The summed E-state index contributed by atoms with van der Waals surface area (Å²) in [4.78, 5) is 18.2. The van der Waals surface area contributed by atoms with Gasteiger partial charge in [0, 0.05) is 12.4 Å². The Labute approximate surface area is 58.4 Å². The van der Waals surface area contributed by atoms with Crippen molar-refractivity contribution in [2.24, 2.45) is 0 Å². The highest BCUT2D eigenvalue weighted by Crippen LogP contribution is 1.88. The topological polar surface area (TPSA) is 42.9 Å². The van der Waals surface area contributed by atoms with Crippen LogP contribution in [0.4, 0.5) is 0 Å². The molecule has 1 heterocycles. The van der Waals surface area contributed by atoms with Gasteiger partial charge < -0.3 is 0 Å². The summed E-state index contributed by atoms with van der Waals surface area (Å²) < 4.78 is 0. The highest BCUT2D eigenvalue weighted by molar-refractivity contribution is 6.01. The molecule has 0 atom stereocenters. The third-order valence-electron chi connectivity index (χ3n) is 0.972. The smallest absolute Gasteiger partial charge is 0.222 e. The van der Waals surface area contributed by atoms with Gasteiger partial charge in [0.05, 0.1) is 0 Å². The van der Waals surface area contributed by atoms with E-state index in [-0.39, 0.29) is 11.6 Å². The van der Waals surface area contributed by atoms with Gasteiger partial charge in [-0.05, 0) is 12.1 Å². The molecule has 50 valence electrons. The monoisotopic (exact) mass is 134 g/mol. The standard InChI is InChI=1S/C7H6N2O/c1-2-6(10)7-8-4-3-5-9-7/h2-5H,1H2. The molecule has 0 bridgehead atoms. The van der Waals surface area contributed by atoms with Crippen LogP contribution < -0.4 is 0 Å². The van der Waals surface area contributed by atoms with Crippen molar-refractivity contribution in [2.75, 3.05) is 0 Å². The summed E-state index contributed by atoms with van der Waals surface area (Å²) in [6.45, 7) is 3.31. The number of allylic oxidation sites excluding steroid dienone is 1. The van der Waals surface area contributed by atoms with Gasteiger partial charge in [-0.3, -0.25) is 4.79 Å². The summed E-state index contributed by atoms with van der Waals surface area (Å²) in [5, 5.41) is 0. The van der Waals surface area contributed by atoms with E-state index in [4.69, 9.17) is 0 Å². The summed E-state index contributed by atoms with van der Waals surface area (Å²) in [6, 6.07) is 1.65. The van der Waals surface area contributed by atoms with E-state index in [0.29, 0.717) is 0 Å². The van der Waals surface area contributed by atoms with Crippen LogP contribution in [0.3, 0.4) is 0 Å². The molecule has 1 aromatic heterocycles. The molecular formula is C7H6N2O. The first-order chi connectivity index (χ1) is 4.84. The average molecular weight is 134 g/mol. The predicted molar refractivity (Wildman–Crippen MR) is 36.6 cm³/mol. The summed E-state index contributed by atoms with van der Waals surface area (Å²) in [6.07, 6.45) is 4.22. The minimum absolute atomic E-state index is 0.192. The molecule has 0 saturated heterocycles. The van der Waals surface area contributed by atoms with Crippen molar-refractivity contribution in [3.05, 3.63) is 36.9 Å². The van der Waals surface area contributed by atoms with Crippen molar-refractivity contribution in [3.8, 4) is 0 Å². The van der Waals surface area contributed by atoms with Gasteiger partial charge in [0.15, 0.2) is 5.82 Å². The SMILES string of the molecule is C=CC(=O)c1ncccn1. The third kappa shape index (κ3) is 1.25. The highest BCUT2D eigenvalue weighted by atomic mass is 16.1. The lowest BCUT2D eigenvalue weighted by Gasteiger charge is -1.88. The second-order valence-corrected chi connectivity index (χ2v) is 1.64. The molecule has 0 aliphatic carbocycles. The number of carbonyl (C=O) groups excluding carboxylic acids is 1. The Morgan fingerprint density at radius 2 is 2.10 bits per heavy atom. The van der Waals surface area contributed by atoms with Gasteiger partial charge in [-0.15, -0.1) is 0 Å². The minimum atomic E-state index is -0.249. The molecule has 0 spiro atoms. The molecule has 3 nitrogen and oxygen atoms in total. The number of nitrogens with zero attached hydrogens (tertiary/aromatic N) is 2. The molecule has 0 aliphatic heterocycles. The zero-order valence-electron chi connectivity index (χ0n) is 5.32. The predicted octanol–water partition coefficient (Wildman–Crippen LogP) is 0.845. The lowest BCUT2D eigenvalue weighted by molar-refractivity contribution is 0.103. The van der Waals surface area contributed by atoms with E-state index in [1.54, 1.807) is 6.07 Å². The Bertz CT molecular complexity index is 243. The minimum Gasteiger partial charge on any atom is -0.286 e. The van der Waals surface area contributed by atoms with E-state index in [2.05, 4.69) is 16.5 Å². The molecule has 0 fully saturated rings. The largest absolute Gasteiger partial charge is 0.286 e. The van der Waals surface area contributed by atoms with Crippen LogP contribution in [0.5, 0.6) is 0 Å². The van der Waals surface area contributed by atoms with Crippen LogP contribution in [-0.2, 0) is 0 Å². The summed E-state index contributed by atoms with van der Waals surface area (Å²) in [7, 11) is 0. The fourth-order valence-corrected chi connectivity index (χ4v) is 0.518. The van der Waals surface area contributed by atoms with Crippen LogP contribution in [0.25, 0.3) is 0 Å². The first kappa shape index (κ1) is 6.61. The van der Waals surface area contributed by atoms with E-state index in [1.807, 2.05) is 0 Å². The Morgan fingerprint density at radius 1 is 1.50 bits per heavy atom. The molecule has 1 aromatic rings. The molecule has 3 heteroatoms. The average Bonchev–Trinajstić information content (AvgIpc) is 2.05. The van der Waals surface area contributed by atoms with Gasteiger partial charge in [-0.1, -0.05) is 6.58 Å². The Morgan fingerprint density at radius 3 is 2.60 bits per heavy atom. The van der Waals surface area contributed by atoms with Crippen molar-refractivity contribution in [1.82, 2.24) is 9.97 Å². The quantitative estimate of drug-likeness (QED) is 0.444. The zero-order chi connectivity index (χ0) is 7.40. The molecule has 10 heavy (non-hydrogen) atoms. The molecule has 0 unspecified atom stereocenters. The molecule has 1 rings (SSSR count). The lowest BCUT2D eigenvalue weighted by Crippen LogP contribution is -1.99. The Balaban J connectivity index is 2.95. The van der Waals surface area contributed by atoms with Crippen LogP contribution in [-0.4, -0.2) is 15.8 Å². The molecule has 0 aliphatic rings. The van der Waals surface area contributed by atoms with E-state index in [9.17, 15) is 4.79 Å². The number of carbonyl (C=O) groups is 1. The van der Waals surface area contributed by atoms with Crippen LogP contribution in [0.1, 0.15) is 10.6 Å². The molecule has 0 N–H and O–H groups in total. The van der Waals surface area contributed by atoms with Crippen molar-refractivity contribution in [1.29, 1.82) is 0 Å². The first-order valence-electron chi connectivity index (χ1n) is 2.78. The molecule has 0 aromatic carbocycles. The molecular weight excluding hydrogens is 128 g/mol. The van der Waals surface area contributed by atoms with Crippen molar-refractivity contribution in [2.45, 2.75) is 0 Å². The van der Waals surface area contributed by atoms with Crippen LogP contribution in [0, 0.1) is 0 Å². The Kier molecular flexibility index (Phi) is 1.89. The van der Waals surface area contributed by atoms with Gasteiger partial charge in [-0.25, -0.2) is 9.97 Å². The van der Waals surface area contributed by atoms with E-state index in [0.717, 1.165) is 0 Å². The first-order valence-corrected chi connectivity index (χ1v) is 2.78. The van der Waals surface area contributed by atoms with Gasteiger partial charge in [0.25, 0.3) is 0 Å². The maximum absolute atomic E-state index is 10.8. The molecule has 0 saturated carbocycles. The number of hydrogen-bond donors (Lipinski definition) is 0. The van der Waals surface area contributed by atoms with Crippen molar-refractivity contribution >= 4 is 5.78 Å². The number of rotatable bonds is 2. The normalized spacial score (nSPS) is 8.80. The van der Waals surface area contributed by atoms with E-state index < -0.39 is 0 Å². The van der Waals surface area contributed by atoms with Gasteiger partial charge in [0.2, 0.25) is 5.78 Å². The maximum Gasteiger partial charge on any atom is 0.222 e. The lowest BCUT2D eigenvalue weighted by atomic mass is 10.4. The number of hydrogen-bond acceptors (Lipinski definition) is 3. The zero-order valence-corrected chi connectivity index (χ0v) is 5.32. The van der Waals surface area contributed by atoms with Crippen molar-refractivity contribution < 1.29 is 4.79 Å². The van der Waals surface area contributed by atoms with Gasteiger partial charge >= 0.3 is 0 Å². The van der Waals surface area contributed by atoms with Crippen molar-refractivity contribution in [3.63, 3.8) is 0 Å². The molecule has 0 amide bonds. The third-order valence-corrected chi connectivity index (χ3v) is 0.972. The van der Waals surface area contributed by atoms with E-state index in [1.165, 1.54) is 18.5 Å².